The maximum Gasteiger partial charge on any atom is 0.274 e. The van der Waals surface area contributed by atoms with Gasteiger partial charge in [0.05, 0.1) is 12.7 Å². The summed E-state index contributed by atoms with van der Waals surface area (Å²) in [6, 6.07) is 4.80. The number of hydrogen-bond donors (Lipinski definition) is 1. The van der Waals surface area contributed by atoms with Crippen molar-refractivity contribution < 1.29 is 13.5 Å². The van der Waals surface area contributed by atoms with E-state index in [2.05, 4.69) is 5.32 Å². The topological polar surface area (TPSA) is 21.3 Å². The largest absolute Gasteiger partial charge is 0.496 e. The van der Waals surface area contributed by atoms with Crippen LogP contribution in [-0.4, -0.2) is 14.2 Å². The van der Waals surface area contributed by atoms with E-state index in [4.69, 9.17) is 4.74 Å². The van der Waals surface area contributed by atoms with Gasteiger partial charge in [-0.15, -0.1) is 0 Å². The highest BCUT2D eigenvalue weighted by atomic mass is 19.3. The normalized spacial score (nSPS) is 11.5. The van der Waals surface area contributed by atoms with E-state index in [1.165, 1.54) is 13.2 Å². The van der Waals surface area contributed by atoms with Crippen LogP contribution < -0.4 is 10.1 Å². The third-order valence-electron chi connectivity index (χ3n) is 2.12. The number of methoxy groups -OCH3 is 1. The fraction of sp³-hybridized carbons (Fsp3) is 0.455. The second-order valence-electron chi connectivity index (χ2n) is 3.45. The fourth-order valence-corrected chi connectivity index (χ4v) is 1.41. The Kier molecular flexibility index (Phi) is 3.63. The molecule has 0 aromatic heterocycles. The van der Waals surface area contributed by atoms with E-state index in [9.17, 15) is 8.78 Å². The lowest BCUT2D eigenvalue weighted by molar-refractivity contribution is 0.0150. The van der Waals surface area contributed by atoms with E-state index in [-0.39, 0.29) is 11.3 Å². The summed E-state index contributed by atoms with van der Waals surface area (Å²) in [6.45, 7) is 1.43. The first-order chi connectivity index (χ1) is 6.99. The molecule has 0 saturated carbocycles. The summed E-state index contributed by atoms with van der Waals surface area (Å²) in [5.41, 5.74) is 0.743. The Labute approximate surface area is 88.3 Å². The molecule has 0 aliphatic heterocycles. The van der Waals surface area contributed by atoms with E-state index < -0.39 is 5.92 Å². The SMILES string of the molecule is CNCc1ccc(OC)c(C(C)(F)F)c1. The van der Waals surface area contributed by atoms with Crippen molar-refractivity contribution in [3.63, 3.8) is 0 Å². The number of halogens is 2. The van der Waals surface area contributed by atoms with E-state index >= 15 is 0 Å². The molecule has 4 heteroatoms. The Morgan fingerprint density at radius 2 is 2.07 bits per heavy atom. The first-order valence-corrected chi connectivity index (χ1v) is 4.69. The summed E-state index contributed by atoms with van der Waals surface area (Å²) in [7, 11) is 3.16. The van der Waals surface area contributed by atoms with E-state index in [0.29, 0.717) is 6.54 Å². The highest BCUT2D eigenvalue weighted by molar-refractivity contribution is 5.39. The van der Waals surface area contributed by atoms with Crippen molar-refractivity contribution in [2.24, 2.45) is 0 Å². The third-order valence-corrected chi connectivity index (χ3v) is 2.12. The van der Waals surface area contributed by atoms with E-state index in [0.717, 1.165) is 12.5 Å². The molecular formula is C11H15F2NO. The van der Waals surface area contributed by atoms with Gasteiger partial charge in [0.15, 0.2) is 0 Å². The van der Waals surface area contributed by atoms with Crippen molar-refractivity contribution in [1.29, 1.82) is 0 Å². The number of nitrogens with one attached hydrogen (secondary N) is 1. The van der Waals surface area contributed by atoms with Gasteiger partial charge in [-0.05, 0) is 24.7 Å². The molecule has 84 valence electrons. The van der Waals surface area contributed by atoms with Crippen LogP contribution in [0.1, 0.15) is 18.1 Å². The number of rotatable bonds is 4. The molecule has 0 aliphatic rings. The van der Waals surface area contributed by atoms with Gasteiger partial charge in [0.25, 0.3) is 5.92 Å². The minimum Gasteiger partial charge on any atom is -0.496 e. The van der Waals surface area contributed by atoms with Crippen molar-refractivity contribution in [3.05, 3.63) is 29.3 Å². The molecule has 1 rings (SSSR count). The van der Waals surface area contributed by atoms with Crippen molar-refractivity contribution in [1.82, 2.24) is 5.32 Å². The Balaban J connectivity index is 3.13. The van der Waals surface area contributed by atoms with Crippen molar-refractivity contribution in [2.75, 3.05) is 14.2 Å². The summed E-state index contributed by atoms with van der Waals surface area (Å²) < 4.78 is 31.3. The zero-order valence-corrected chi connectivity index (χ0v) is 9.10. The van der Waals surface area contributed by atoms with Gasteiger partial charge < -0.3 is 10.1 Å². The van der Waals surface area contributed by atoms with Gasteiger partial charge in [-0.25, -0.2) is 8.78 Å². The van der Waals surface area contributed by atoms with Crippen LogP contribution in [0.25, 0.3) is 0 Å². The minimum absolute atomic E-state index is 0.0715. The average molecular weight is 215 g/mol. The molecule has 0 amide bonds. The quantitative estimate of drug-likeness (QED) is 0.833. The van der Waals surface area contributed by atoms with Crippen LogP contribution in [-0.2, 0) is 12.5 Å². The number of alkyl halides is 2. The van der Waals surface area contributed by atoms with Gasteiger partial charge in [-0.3, -0.25) is 0 Å². The molecule has 0 bridgehead atoms. The monoisotopic (exact) mass is 215 g/mol. The van der Waals surface area contributed by atoms with Crippen LogP contribution in [0.3, 0.4) is 0 Å². The second kappa shape index (κ2) is 4.57. The molecule has 1 N–H and O–H groups in total. The van der Waals surface area contributed by atoms with Crippen LogP contribution in [0.15, 0.2) is 18.2 Å². The summed E-state index contributed by atoms with van der Waals surface area (Å²) in [5.74, 6) is -2.66. The predicted molar refractivity (Wildman–Crippen MR) is 55.3 cm³/mol. The average Bonchev–Trinajstić information content (AvgIpc) is 2.17. The zero-order valence-electron chi connectivity index (χ0n) is 9.10. The summed E-state index contributed by atoms with van der Waals surface area (Å²) >= 11 is 0. The predicted octanol–water partition coefficient (Wildman–Crippen LogP) is 2.53. The molecule has 2 nitrogen and oxygen atoms in total. The summed E-state index contributed by atoms with van der Waals surface area (Å²) in [6.07, 6.45) is 0. The van der Waals surface area contributed by atoms with Gasteiger partial charge >= 0.3 is 0 Å². The van der Waals surface area contributed by atoms with Crippen molar-refractivity contribution in [2.45, 2.75) is 19.4 Å². The van der Waals surface area contributed by atoms with Gasteiger partial charge in [-0.2, -0.15) is 0 Å². The highest BCUT2D eigenvalue weighted by Crippen LogP contribution is 2.34. The van der Waals surface area contributed by atoms with Gasteiger partial charge in [0.2, 0.25) is 0 Å². The van der Waals surface area contributed by atoms with Gasteiger partial charge in [0, 0.05) is 13.5 Å². The molecule has 1 aromatic rings. The molecule has 0 spiro atoms. The lowest BCUT2D eigenvalue weighted by Gasteiger charge is -2.16. The van der Waals surface area contributed by atoms with Gasteiger partial charge in [0.1, 0.15) is 5.75 Å². The third kappa shape index (κ3) is 2.89. The number of hydrogen-bond acceptors (Lipinski definition) is 2. The smallest absolute Gasteiger partial charge is 0.274 e. The van der Waals surface area contributed by atoms with E-state index in [1.54, 1.807) is 19.2 Å². The van der Waals surface area contributed by atoms with Crippen molar-refractivity contribution >= 4 is 0 Å². The van der Waals surface area contributed by atoms with Crippen LogP contribution in [0.2, 0.25) is 0 Å². The Morgan fingerprint density at radius 3 is 2.53 bits per heavy atom. The zero-order chi connectivity index (χ0) is 11.5. The highest BCUT2D eigenvalue weighted by Gasteiger charge is 2.28. The van der Waals surface area contributed by atoms with E-state index in [1.807, 2.05) is 0 Å². The van der Waals surface area contributed by atoms with Crippen LogP contribution in [0, 0.1) is 0 Å². The molecule has 0 radical (unpaired) electrons. The first-order valence-electron chi connectivity index (χ1n) is 4.69. The number of ether oxygens (including phenoxy) is 1. The molecule has 0 heterocycles. The first kappa shape index (κ1) is 11.9. The summed E-state index contributed by atoms with van der Waals surface area (Å²) in [5, 5.41) is 2.91. The van der Waals surface area contributed by atoms with Crippen molar-refractivity contribution in [3.8, 4) is 5.75 Å². The standard InChI is InChI=1S/C11H15F2NO/c1-11(12,13)9-6-8(7-14-2)4-5-10(9)15-3/h4-6,14H,7H2,1-3H3. The lowest BCUT2D eigenvalue weighted by Crippen LogP contribution is -2.12. The molecule has 1 aromatic carbocycles. The molecule has 15 heavy (non-hydrogen) atoms. The maximum atomic E-state index is 13.2. The second-order valence-corrected chi connectivity index (χ2v) is 3.45. The molecule has 0 fully saturated rings. The Hall–Kier alpha value is -1.16. The maximum absolute atomic E-state index is 13.2. The summed E-state index contributed by atoms with van der Waals surface area (Å²) in [4.78, 5) is 0. The molecule has 0 aliphatic carbocycles. The minimum atomic E-state index is -2.88. The van der Waals surface area contributed by atoms with Crippen LogP contribution in [0.5, 0.6) is 5.75 Å². The van der Waals surface area contributed by atoms with Crippen LogP contribution in [0.4, 0.5) is 8.78 Å². The lowest BCUT2D eigenvalue weighted by atomic mass is 10.0. The fourth-order valence-electron chi connectivity index (χ4n) is 1.41. The molecule has 0 unspecified atom stereocenters. The molecule has 0 saturated heterocycles. The van der Waals surface area contributed by atoms with Gasteiger partial charge in [-0.1, -0.05) is 6.07 Å². The molecule has 0 atom stereocenters. The number of benzene rings is 1. The Bertz CT molecular complexity index is 334. The molecular weight excluding hydrogens is 200 g/mol. The van der Waals surface area contributed by atoms with Crippen LogP contribution >= 0.6 is 0 Å². The Morgan fingerprint density at radius 1 is 1.40 bits per heavy atom.